The summed E-state index contributed by atoms with van der Waals surface area (Å²) >= 11 is 0. The molecule has 2 unspecified atom stereocenters. The van der Waals surface area contributed by atoms with Crippen LogP contribution in [0.3, 0.4) is 0 Å². The van der Waals surface area contributed by atoms with Crippen LogP contribution in [0.2, 0.25) is 6.32 Å². The van der Waals surface area contributed by atoms with Crippen molar-refractivity contribution in [3.8, 4) is 11.5 Å². The van der Waals surface area contributed by atoms with Crippen LogP contribution in [0.4, 0.5) is 0 Å². The Morgan fingerprint density at radius 3 is 1.59 bits per heavy atom. The van der Waals surface area contributed by atoms with Crippen LogP contribution in [0.1, 0.15) is 25.0 Å². The number of hydrogen-bond acceptors (Lipinski definition) is 5. The van der Waals surface area contributed by atoms with Gasteiger partial charge in [-0.2, -0.15) is 0 Å². The molecule has 0 aromatic heterocycles. The normalized spacial score (nSPS) is 13.8. The van der Waals surface area contributed by atoms with Gasteiger partial charge in [-0.05, 0) is 35.4 Å². The van der Waals surface area contributed by atoms with Gasteiger partial charge in [0.2, 0.25) is 0 Å². The van der Waals surface area contributed by atoms with Gasteiger partial charge in [0.05, 0.1) is 12.7 Å². The number of benzene rings is 2. The van der Waals surface area contributed by atoms with E-state index < -0.39 is 12.2 Å². The standard InChI is InChI=1S/C21H29BO5/c1-21(2,15-3-7-19(8-4-15)26-13-17(24)11-22)16-5-9-20(10-6-16)27-14-18(25)12-23/h3-10,17-18,23-25H,11-14,22H2,1-2H3. The Labute approximate surface area is 162 Å². The van der Waals surface area contributed by atoms with Gasteiger partial charge in [-0.1, -0.05) is 44.4 Å². The van der Waals surface area contributed by atoms with Gasteiger partial charge in [0, 0.05) is 5.41 Å². The molecule has 3 N–H and O–H groups in total. The third-order valence-electron chi connectivity index (χ3n) is 4.72. The van der Waals surface area contributed by atoms with Gasteiger partial charge < -0.3 is 24.8 Å². The third kappa shape index (κ3) is 5.99. The molecule has 6 heteroatoms. The van der Waals surface area contributed by atoms with Crippen LogP contribution in [0.15, 0.2) is 48.5 Å². The summed E-state index contributed by atoms with van der Waals surface area (Å²) in [4.78, 5) is 0. The first-order valence-corrected chi connectivity index (χ1v) is 9.30. The fourth-order valence-corrected chi connectivity index (χ4v) is 2.66. The van der Waals surface area contributed by atoms with Crippen molar-refractivity contribution in [2.24, 2.45) is 0 Å². The number of aliphatic hydroxyl groups is 3. The van der Waals surface area contributed by atoms with Crippen LogP contribution in [-0.2, 0) is 5.41 Å². The Balaban J connectivity index is 2.04. The Hall–Kier alpha value is -2.02. The lowest BCUT2D eigenvalue weighted by Crippen LogP contribution is -2.21. The third-order valence-corrected chi connectivity index (χ3v) is 4.72. The highest BCUT2D eigenvalue weighted by atomic mass is 16.5. The second kappa shape index (κ2) is 9.79. The average Bonchev–Trinajstić information content (AvgIpc) is 2.70. The molecule has 0 spiro atoms. The second-order valence-corrected chi connectivity index (χ2v) is 7.19. The first-order chi connectivity index (χ1) is 12.9. The van der Waals surface area contributed by atoms with E-state index in [1.165, 1.54) is 0 Å². The van der Waals surface area contributed by atoms with E-state index in [1.54, 1.807) is 0 Å². The molecule has 0 aliphatic carbocycles. The topological polar surface area (TPSA) is 79.2 Å². The predicted octanol–water partition coefficient (Wildman–Crippen LogP) is 1.54. The monoisotopic (exact) mass is 372 g/mol. The maximum absolute atomic E-state index is 9.60. The number of ether oxygens (including phenoxy) is 2. The van der Waals surface area contributed by atoms with Crippen molar-refractivity contribution >= 4 is 7.85 Å². The molecule has 2 aromatic carbocycles. The zero-order chi connectivity index (χ0) is 19.9. The first-order valence-electron chi connectivity index (χ1n) is 9.30. The highest BCUT2D eigenvalue weighted by Gasteiger charge is 2.23. The predicted molar refractivity (Wildman–Crippen MR) is 108 cm³/mol. The van der Waals surface area contributed by atoms with Crippen molar-refractivity contribution < 1.29 is 24.8 Å². The van der Waals surface area contributed by atoms with Crippen molar-refractivity contribution in [2.45, 2.75) is 37.8 Å². The molecule has 0 bridgehead atoms. The van der Waals surface area contributed by atoms with E-state index in [0.717, 1.165) is 16.9 Å². The Kier molecular flexibility index (Phi) is 7.71. The first kappa shape index (κ1) is 21.3. The summed E-state index contributed by atoms with van der Waals surface area (Å²) in [5.74, 6) is 1.40. The minimum absolute atomic E-state index is 0.0629. The molecule has 0 amide bonds. The lowest BCUT2D eigenvalue weighted by Gasteiger charge is -2.26. The molecule has 0 radical (unpaired) electrons. The van der Waals surface area contributed by atoms with E-state index in [4.69, 9.17) is 14.6 Å². The molecule has 2 rings (SSSR count). The second-order valence-electron chi connectivity index (χ2n) is 7.19. The molecule has 2 aromatic rings. The van der Waals surface area contributed by atoms with Gasteiger partial charge in [0.25, 0.3) is 0 Å². The van der Waals surface area contributed by atoms with Crippen molar-refractivity contribution in [1.82, 2.24) is 0 Å². The van der Waals surface area contributed by atoms with Crippen molar-refractivity contribution in [1.29, 1.82) is 0 Å². The van der Waals surface area contributed by atoms with Gasteiger partial charge in [0.1, 0.15) is 38.7 Å². The molecule has 5 nitrogen and oxygen atoms in total. The highest BCUT2D eigenvalue weighted by Crippen LogP contribution is 2.33. The quantitative estimate of drug-likeness (QED) is 0.552. The van der Waals surface area contributed by atoms with Crippen LogP contribution in [0, 0.1) is 0 Å². The van der Waals surface area contributed by atoms with Crippen LogP contribution in [-0.4, -0.2) is 55.2 Å². The zero-order valence-corrected chi connectivity index (χ0v) is 16.3. The lowest BCUT2D eigenvalue weighted by molar-refractivity contribution is 0.0536. The van der Waals surface area contributed by atoms with E-state index in [1.807, 2.05) is 56.4 Å². The van der Waals surface area contributed by atoms with Crippen LogP contribution in [0.25, 0.3) is 0 Å². The van der Waals surface area contributed by atoms with Crippen LogP contribution >= 0.6 is 0 Å². The fraction of sp³-hybridized carbons (Fsp3) is 0.429. The van der Waals surface area contributed by atoms with Crippen molar-refractivity contribution in [3.05, 3.63) is 59.7 Å². The smallest absolute Gasteiger partial charge is 0.119 e. The molecule has 0 saturated carbocycles. The molecule has 2 atom stereocenters. The van der Waals surface area contributed by atoms with Gasteiger partial charge in [-0.25, -0.2) is 0 Å². The molecule has 0 fully saturated rings. The summed E-state index contributed by atoms with van der Waals surface area (Å²) < 4.78 is 11.1. The van der Waals surface area contributed by atoms with E-state index in [0.29, 0.717) is 18.7 Å². The van der Waals surface area contributed by atoms with Crippen molar-refractivity contribution in [3.63, 3.8) is 0 Å². The van der Waals surface area contributed by atoms with Crippen LogP contribution in [0.5, 0.6) is 11.5 Å². The molecular formula is C21H29BO5. The van der Waals surface area contributed by atoms with Crippen LogP contribution < -0.4 is 9.47 Å². The Morgan fingerprint density at radius 2 is 1.22 bits per heavy atom. The van der Waals surface area contributed by atoms with Gasteiger partial charge >= 0.3 is 0 Å². The minimum Gasteiger partial charge on any atom is -0.491 e. The Bertz CT molecular complexity index is 625. The lowest BCUT2D eigenvalue weighted by atomic mass is 9.78. The molecule has 27 heavy (non-hydrogen) atoms. The van der Waals surface area contributed by atoms with Gasteiger partial charge in [-0.15, -0.1) is 0 Å². The molecule has 146 valence electrons. The molecule has 0 saturated heterocycles. The summed E-state index contributed by atoms with van der Waals surface area (Å²) in [6.45, 7) is 4.34. The average molecular weight is 372 g/mol. The van der Waals surface area contributed by atoms with E-state index in [-0.39, 0.29) is 18.6 Å². The maximum atomic E-state index is 9.60. The summed E-state index contributed by atoms with van der Waals surface area (Å²) in [7, 11) is 1.92. The fourth-order valence-electron chi connectivity index (χ4n) is 2.66. The van der Waals surface area contributed by atoms with Crippen molar-refractivity contribution in [2.75, 3.05) is 19.8 Å². The summed E-state index contributed by atoms with van der Waals surface area (Å²) in [5, 5.41) is 27.8. The highest BCUT2D eigenvalue weighted by molar-refractivity contribution is 6.08. The Morgan fingerprint density at radius 1 is 0.815 bits per heavy atom. The van der Waals surface area contributed by atoms with Gasteiger partial charge in [-0.3, -0.25) is 0 Å². The van der Waals surface area contributed by atoms with E-state index >= 15 is 0 Å². The minimum atomic E-state index is -0.875. The number of hydrogen-bond donors (Lipinski definition) is 3. The zero-order valence-electron chi connectivity index (χ0n) is 16.3. The number of rotatable bonds is 10. The molecule has 0 aliphatic rings. The molecule has 0 heterocycles. The largest absolute Gasteiger partial charge is 0.491 e. The maximum Gasteiger partial charge on any atom is 0.119 e. The summed E-state index contributed by atoms with van der Waals surface area (Å²) in [6.07, 6.45) is -0.648. The van der Waals surface area contributed by atoms with Gasteiger partial charge in [0.15, 0.2) is 0 Å². The summed E-state index contributed by atoms with van der Waals surface area (Å²) in [6, 6.07) is 15.7. The van der Waals surface area contributed by atoms with E-state index in [9.17, 15) is 10.2 Å². The van der Waals surface area contributed by atoms with E-state index in [2.05, 4.69) is 13.8 Å². The number of aliphatic hydroxyl groups excluding tert-OH is 3. The SMILES string of the molecule is BCC(O)COc1ccc(C(C)(C)c2ccc(OCC(O)CO)cc2)cc1. The molecule has 0 aliphatic heterocycles. The summed E-state index contributed by atoms with van der Waals surface area (Å²) in [5.41, 5.74) is 2.08. The molecular weight excluding hydrogens is 343 g/mol.